The maximum atomic E-state index is 6.00. The van der Waals surface area contributed by atoms with Crippen LogP contribution in [0.15, 0.2) is 0 Å². The Morgan fingerprint density at radius 2 is 2.25 bits per heavy atom. The standard InChI is InChI=1S/C13H26N2O/c1-11-10-13(5-7-14-11)16-9-6-12-4-3-8-15(12)2/h11-14H,3-10H2,1-2H3. The Hall–Kier alpha value is -0.120. The Labute approximate surface area is 99.5 Å². The van der Waals surface area contributed by atoms with E-state index in [9.17, 15) is 0 Å². The first-order chi connectivity index (χ1) is 7.75. The van der Waals surface area contributed by atoms with Crippen LogP contribution in [0.3, 0.4) is 0 Å². The van der Waals surface area contributed by atoms with Gasteiger partial charge in [-0.25, -0.2) is 0 Å². The predicted octanol–water partition coefficient (Wildman–Crippen LogP) is 1.63. The van der Waals surface area contributed by atoms with Crippen molar-refractivity contribution >= 4 is 0 Å². The molecule has 0 aromatic heterocycles. The fourth-order valence-electron chi connectivity index (χ4n) is 2.95. The van der Waals surface area contributed by atoms with Gasteiger partial charge in [0.05, 0.1) is 6.10 Å². The molecule has 2 heterocycles. The molecule has 16 heavy (non-hydrogen) atoms. The minimum Gasteiger partial charge on any atom is -0.378 e. The van der Waals surface area contributed by atoms with Gasteiger partial charge in [-0.15, -0.1) is 0 Å². The van der Waals surface area contributed by atoms with Gasteiger partial charge < -0.3 is 15.0 Å². The van der Waals surface area contributed by atoms with Crippen LogP contribution in [-0.2, 0) is 4.74 Å². The van der Waals surface area contributed by atoms with Crippen molar-refractivity contribution in [2.75, 3.05) is 26.7 Å². The number of nitrogens with zero attached hydrogens (tertiary/aromatic N) is 1. The summed E-state index contributed by atoms with van der Waals surface area (Å²) in [7, 11) is 2.24. The van der Waals surface area contributed by atoms with Crippen molar-refractivity contribution in [2.24, 2.45) is 0 Å². The number of ether oxygens (including phenoxy) is 1. The summed E-state index contributed by atoms with van der Waals surface area (Å²) in [5.41, 5.74) is 0. The maximum Gasteiger partial charge on any atom is 0.0602 e. The Kier molecular flexibility index (Phi) is 4.62. The van der Waals surface area contributed by atoms with Crippen LogP contribution in [0.5, 0.6) is 0 Å². The maximum absolute atomic E-state index is 6.00. The number of likely N-dealkylation sites (tertiary alicyclic amines) is 1. The van der Waals surface area contributed by atoms with Crippen LogP contribution in [-0.4, -0.2) is 49.8 Å². The molecule has 0 aromatic rings. The third kappa shape index (κ3) is 3.44. The first-order valence-electron chi connectivity index (χ1n) is 6.81. The van der Waals surface area contributed by atoms with E-state index in [1.54, 1.807) is 0 Å². The molecule has 2 aliphatic heterocycles. The second-order valence-electron chi connectivity index (χ2n) is 5.44. The van der Waals surface area contributed by atoms with Crippen molar-refractivity contribution in [1.82, 2.24) is 10.2 Å². The first kappa shape index (κ1) is 12.3. The van der Waals surface area contributed by atoms with Gasteiger partial charge in [-0.2, -0.15) is 0 Å². The Morgan fingerprint density at radius 1 is 1.38 bits per heavy atom. The SMILES string of the molecule is CC1CC(OCCC2CCCN2C)CCN1. The number of hydrogen-bond donors (Lipinski definition) is 1. The third-order valence-corrected chi connectivity index (χ3v) is 4.05. The average Bonchev–Trinajstić information content (AvgIpc) is 2.65. The Morgan fingerprint density at radius 3 is 2.94 bits per heavy atom. The number of rotatable bonds is 4. The van der Waals surface area contributed by atoms with Crippen LogP contribution in [0.1, 0.15) is 39.0 Å². The van der Waals surface area contributed by atoms with Crippen LogP contribution in [0.25, 0.3) is 0 Å². The first-order valence-corrected chi connectivity index (χ1v) is 6.81. The zero-order valence-electron chi connectivity index (χ0n) is 10.7. The quantitative estimate of drug-likeness (QED) is 0.788. The van der Waals surface area contributed by atoms with Crippen LogP contribution >= 0.6 is 0 Å². The summed E-state index contributed by atoms with van der Waals surface area (Å²) < 4.78 is 6.00. The second-order valence-corrected chi connectivity index (χ2v) is 5.44. The molecule has 0 aliphatic carbocycles. The molecular weight excluding hydrogens is 200 g/mol. The molecule has 3 unspecified atom stereocenters. The third-order valence-electron chi connectivity index (χ3n) is 4.05. The Balaban J connectivity index is 1.60. The minimum atomic E-state index is 0.503. The van der Waals surface area contributed by atoms with E-state index in [0.29, 0.717) is 12.1 Å². The summed E-state index contributed by atoms with van der Waals surface area (Å²) in [6.45, 7) is 5.59. The van der Waals surface area contributed by atoms with Crippen LogP contribution < -0.4 is 5.32 Å². The lowest BCUT2D eigenvalue weighted by Gasteiger charge is -2.29. The topological polar surface area (TPSA) is 24.5 Å². The van der Waals surface area contributed by atoms with Crippen molar-refractivity contribution in [3.8, 4) is 0 Å². The van der Waals surface area contributed by atoms with E-state index in [0.717, 1.165) is 19.2 Å². The van der Waals surface area contributed by atoms with E-state index >= 15 is 0 Å². The summed E-state index contributed by atoms with van der Waals surface area (Å²) in [6.07, 6.45) is 6.82. The zero-order valence-corrected chi connectivity index (χ0v) is 10.7. The lowest BCUT2D eigenvalue weighted by atomic mass is 10.0. The molecule has 0 aromatic carbocycles. The van der Waals surface area contributed by atoms with E-state index in [1.807, 2.05) is 0 Å². The predicted molar refractivity (Wildman–Crippen MR) is 66.7 cm³/mol. The molecule has 3 heteroatoms. The molecule has 94 valence electrons. The van der Waals surface area contributed by atoms with Gasteiger partial charge in [0.25, 0.3) is 0 Å². The monoisotopic (exact) mass is 226 g/mol. The smallest absolute Gasteiger partial charge is 0.0602 e. The highest BCUT2D eigenvalue weighted by atomic mass is 16.5. The molecular formula is C13H26N2O. The minimum absolute atomic E-state index is 0.503. The molecule has 0 spiro atoms. The van der Waals surface area contributed by atoms with E-state index in [1.165, 1.54) is 38.6 Å². The van der Waals surface area contributed by atoms with E-state index < -0.39 is 0 Å². The highest BCUT2D eigenvalue weighted by molar-refractivity contribution is 4.78. The van der Waals surface area contributed by atoms with Gasteiger partial charge in [-0.3, -0.25) is 0 Å². The van der Waals surface area contributed by atoms with Gasteiger partial charge in [-0.05, 0) is 59.2 Å². The summed E-state index contributed by atoms with van der Waals surface area (Å²) >= 11 is 0. The number of piperidine rings is 1. The normalized spacial score (nSPS) is 36.8. The van der Waals surface area contributed by atoms with Crippen molar-refractivity contribution in [2.45, 2.75) is 57.2 Å². The highest BCUT2D eigenvalue weighted by Crippen LogP contribution is 2.19. The van der Waals surface area contributed by atoms with E-state index in [-0.39, 0.29) is 0 Å². The van der Waals surface area contributed by atoms with Crippen molar-refractivity contribution < 1.29 is 4.74 Å². The Bertz CT molecular complexity index is 210. The van der Waals surface area contributed by atoms with E-state index in [4.69, 9.17) is 4.74 Å². The fraction of sp³-hybridized carbons (Fsp3) is 1.00. The highest BCUT2D eigenvalue weighted by Gasteiger charge is 2.22. The van der Waals surface area contributed by atoms with Crippen LogP contribution in [0.4, 0.5) is 0 Å². The molecule has 0 radical (unpaired) electrons. The van der Waals surface area contributed by atoms with Gasteiger partial charge in [0, 0.05) is 18.7 Å². The van der Waals surface area contributed by atoms with Gasteiger partial charge >= 0.3 is 0 Å². The van der Waals surface area contributed by atoms with Crippen molar-refractivity contribution in [3.05, 3.63) is 0 Å². The molecule has 3 nitrogen and oxygen atoms in total. The lowest BCUT2D eigenvalue weighted by Crippen LogP contribution is -2.39. The molecule has 0 amide bonds. The number of nitrogens with one attached hydrogen (secondary N) is 1. The summed E-state index contributed by atoms with van der Waals surface area (Å²) in [6, 6.07) is 1.41. The molecule has 1 N–H and O–H groups in total. The summed E-state index contributed by atoms with van der Waals surface area (Å²) in [4.78, 5) is 2.48. The largest absolute Gasteiger partial charge is 0.378 e. The van der Waals surface area contributed by atoms with Gasteiger partial charge in [-0.1, -0.05) is 0 Å². The van der Waals surface area contributed by atoms with Crippen molar-refractivity contribution in [1.29, 1.82) is 0 Å². The molecule has 2 rings (SSSR count). The number of hydrogen-bond acceptors (Lipinski definition) is 3. The van der Waals surface area contributed by atoms with Crippen LogP contribution in [0, 0.1) is 0 Å². The molecule has 0 bridgehead atoms. The van der Waals surface area contributed by atoms with Crippen LogP contribution in [0.2, 0.25) is 0 Å². The summed E-state index contributed by atoms with van der Waals surface area (Å²) in [5, 5.41) is 3.46. The molecule has 2 fully saturated rings. The van der Waals surface area contributed by atoms with Gasteiger partial charge in [0.2, 0.25) is 0 Å². The molecule has 0 saturated carbocycles. The second kappa shape index (κ2) is 5.99. The molecule has 2 saturated heterocycles. The van der Waals surface area contributed by atoms with Crippen molar-refractivity contribution in [3.63, 3.8) is 0 Å². The zero-order chi connectivity index (χ0) is 11.4. The van der Waals surface area contributed by atoms with Gasteiger partial charge in [0.15, 0.2) is 0 Å². The average molecular weight is 226 g/mol. The summed E-state index contributed by atoms with van der Waals surface area (Å²) in [5.74, 6) is 0. The van der Waals surface area contributed by atoms with Gasteiger partial charge in [0.1, 0.15) is 0 Å². The molecule has 2 aliphatic rings. The van der Waals surface area contributed by atoms with E-state index in [2.05, 4.69) is 24.2 Å². The lowest BCUT2D eigenvalue weighted by molar-refractivity contribution is 0.0157. The fourth-order valence-corrected chi connectivity index (χ4v) is 2.95. The molecule has 3 atom stereocenters.